The summed E-state index contributed by atoms with van der Waals surface area (Å²) in [6, 6.07) is 16.1. The highest BCUT2D eigenvalue weighted by atomic mass is 32.2. The Morgan fingerprint density at radius 3 is 2.74 bits per heavy atom. The molecular formula is C21H25NO4S. The van der Waals surface area contributed by atoms with Gasteiger partial charge in [-0.2, -0.15) is 0 Å². The average molecular weight is 388 g/mol. The van der Waals surface area contributed by atoms with Crippen LogP contribution in [0.3, 0.4) is 0 Å². The molecule has 144 valence electrons. The minimum atomic E-state index is -0.933. The lowest BCUT2D eigenvalue weighted by Crippen LogP contribution is -2.33. The molecule has 0 saturated carbocycles. The second kappa shape index (κ2) is 9.67. The molecule has 2 aromatic carbocycles. The fourth-order valence-electron chi connectivity index (χ4n) is 3.09. The van der Waals surface area contributed by atoms with E-state index in [0.29, 0.717) is 19.6 Å². The van der Waals surface area contributed by atoms with Gasteiger partial charge in [0.05, 0.1) is 12.2 Å². The molecule has 1 aliphatic rings. The highest BCUT2D eigenvalue weighted by molar-refractivity contribution is 7.99. The van der Waals surface area contributed by atoms with E-state index in [1.807, 2.05) is 36.0 Å². The van der Waals surface area contributed by atoms with E-state index in [1.165, 1.54) is 10.6 Å². The lowest BCUT2D eigenvalue weighted by atomic mass is 10.1. The smallest absolute Gasteiger partial charge is 0.333 e. The molecule has 5 nitrogen and oxygen atoms in total. The normalized spacial score (nSPS) is 14.5. The molecule has 0 saturated heterocycles. The number of carboxylic acid groups (broad SMARTS) is 1. The maximum atomic E-state index is 11.2. The Balaban J connectivity index is 1.50. The molecule has 0 aromatic heterocycles. The molecule has 0 aliphatic carbocycles. The molecule has 0 spiro atoms. The summed E-state index contributed by atoms with van der Waals surface area (Å²) in [5, 5.41) is 9.17. The maximum absolute atomic E-state index is 11.2. The summed E-state index contributed by atoms with van der Waals surface area (Å²) in [6.07, 6.45) is -0.454. The van der Waals surface area contributed by atoms with Crippen molar-refractivity contribution in [2.75, 3.05) is 37.0 Å². The first kappa shape index (κ1) is 19.6. The largest absolute Gasteiger partial charge is 0.492 e. The summed E-state index contributed by atoms with van der Waals surface area (Å²) in [7, 11) is 0. The average Bonchev–Trinajstić information content (AvgIpc) is 2.69. The van der Waals surface area contributed by atoms with Crippen LogP contribution in [0.4, 0.5) is 5.69 Å². The molecule has 1 unspecified atom stereocenters. The van der Waals surface area contributed by atoms with Gasteiger partial charge in [-0.25, -0.2) is 4.79 Å². The van der Waals surface area contributed by atoms with Crippen molar-refractivity contribution in [2.24, 2.45) is 0 Å². The van der Waals surface area contributed by atoms with Crippen molar-refractivity contribution in [3.8, 4) is 5.75 Å². The van der Waals surface area contributed by atoms with E-state index in [1.54, 1.807) is 6.92 Å². The van der Waals surface area contributed by atoms with Gasteiger partial charge < -0.3 is 19.5 Å². The van der Waals surface area contributed by atoms with Crippen LogP contribution in [0, 0.1) is 0 Å². The highest BCUT2D eigenvalue weighted by Crippen LogP contribution is 2.33. The first-order valence-electron chi connectivity index (χ1n) is 9.20. The highest BCUT2D eigenvalue weighted by Gasteiger charge is 2.18. The molecule has 0 radical (unpaired) electrons. The molecule has 1 aliphatic heterocycles. The number of anilines is 1. The van der Waals surface area contributed by atoms with Crippen molar-refractivity contribution in [3.63, 3.8) is 0 Å². The Bertz CT molecular complexity index is 750. The van der Waals surface area contributed by atoms with Crippen molar-refractivity contribution in [1.29, 1.82) is 0 Å². The summed E-state index contributed by atoms with van der Waals surface area (Å²) < 4.78 is 11.1. The Labute approximate surface area is 164 Å². The van der Waals surface area contributed by atoms with Crippen LogP contribution in [0.2, 0.25) is 0 Å². The molecule has 0 bridgehead atoms. The minimum absolute atomic E-state index is 0.353. The molecule has 1 heterocycles. The number of thioether (sulfide) groups is 1. The zero-order valence-electron chi connectivity index (χ0n) is 15.5. The van der Waals surface area contributed by atoms with Gasteiger partial charge in [0.15, 0.2) is 6.10 Å². The van der Waals surface area contributed by atoms with Gasteiger partial charge >= 0.3 is 5.97 Å². The lowest BCUT2D eigenvalue weighted by Gasteiger charge is -2.30. The number of aliphatic carboxylic acids is 1. The van der Waals surface area contributed by atoms with Crippen molar-refractivity contribution in [1.82, 2.24) is 0 Å². The monoisotopic (exact) mass is 387 g/mol. The molecule has 3 rings (SSSR count). The number of carboxylic acids is 1. The standard InChI is InChI=1S/C21H25NO4S/c1-2-25-19(21(23)24)15-16-7-9-17(10-8-16)26-13-11-22-12-14-27-20-6-4-3-5-18(20)22/h3-10,19H,2,11-15H2,1H3,(H,23,24). The van der Waals surface area contributed by atoms with Crippen LogP contribution in [0.15, 0.2) is 53.4 Å². The Kier molecular flexibility index (Phi) is 7.01. The fraction of sp³-hybridized carbons (Fsp3) is 0.381. The number of ether oxygens (including phenoxy) is 2. The van der Waals surface area contributed by atoms with Crippen molar-refractivity contribution < 1.29 is 19.4 Å². The van der Waals surface area contributed by atoms with Crippen LogP contribution in [-0.2, 0) is 16.0 Å². The SMILES string of the molecule is CCOC(Cc1ccc(OCCN2CCSc3ccccc32)cc1)C(=O)O. The zero-order valence-corrected chi connectivity index (χ0v) is 16.3. The number of carbonyl (C=O) groups is 1. The van der Waals surface area contributed by atoms with E-state index < -0.39 is 12.1 Å². The van der Waals surface area contributed by atoms with Gasteiger partial charge in [0, 0.05) is 30.2 Å². The van der Waals surface area contributed by atoms with Crippen LogP contribution in [0.5, 0.6) is 5.75 Å². The summed E-state index contributed by atoms with van der Waals surface area (Å²) in [5.41, 5.74) is 2.20. The third-order valence-electron chi connectivity index (χ3n) is 4.44. The van der Waals surface area contributed by atoms with Gasteiger partial charge in [0.2, 0.25) is 0 Å². The Morgan fingerprint density at radius 2 is 2.00 bits per heavy atom. The summed E-state index contributed by atoms with van der Waals surface area (Å²) in [6.45, 7) is 4.65. The predicted octanol–water partition coefficient (Wildman–Crippen LogP) is 3.71. The first-order valence-corrected chi connectivity index (χ1v) is 10.2. The van der Waals surface area contributed by atoms with Crippen LogP contribution in [0.25, 0.3) is 0 Å². The second-order valence-corrected chi connectivity index (χ2v) is 7.42. The first-order chi connectivity index (χ1) is 13.2. The van der Waals surface area contributed by atoms with Gasteiger partial charge in [0.1, 0.15) is 12.4 Å². The Morgan fingerprint density at radius 1 is 1.22 bits per heavy atom. The number of para-hydroxylation sites is 1. The van der Waals surface area contributed by atoms with Gasteiger partial charge in [0.25, 0.3) is 0 Å². The lowest BCUT2D eigenvalue weighted by molar-refractivity contribution is -0.149. The summed E-state index contributed by atoms with van der Waals surface area (Å²) in [5.74, 6) is 0.954. The van der Waals surface area contributed by atoms with Crippen LogP contribution >= 0.6 is 11.8 Å². The van der Waals surface area contributed by atoms with Gasteiger partial charge in [-0.15, -0.1) is 11.8 Å². The van der Waals surface area contributed by atoms with Crippen molar-refractivity contribution in [3.05, 3.63) is 54.1 Å². The van der Waals surface area contributed by atoms with E-state index in [0.717, 1.165) is 30.2 Å². The van der Waals surface area contributed by atoms with Crippen LogP contribution in [0.1, 0.15) is 12.5 Å². The molecule has 2 aromatic rings. The van der Waals surface area contributed by atoms with Crippen molar-refractivity contribution >= 4 is 23.4 Å². The molecule has 0 fully saturated rings. The van der Waals surface area contributed by atoms with Crippen LogP contribution < -0.4 is 9.64 Å². The van der Waals surface area contributed by atoms with E-state index in [-0.39, 0.29) is 0 Å². The fourth-order valence-corrected chi connectivity index (χ4v) is 4.14. The third-order valence-corrected chi connectivity index (χ3v) is 5.49. The summed E-state index contributed by atoms with van der Waals surface area (Å²) in [4.78, 5) is 14.9. The maximum Gasteiger partial charge on any atom is 0.333 e. The third kappa shape index (κ3) is 5.40. The number of rotatable bonds is 9. The molecule has 27 heavy (non-hydrogen) atoms. The summed E-state index contributed by atoms with van der Waals surface area (Å²) >= 11 is 1.90. The molecule has 6 heteroatoms. The zero-order chi connectivity index (χ0) is 19.1. The predicted molar refractivity (Wildman–Crippen MR) is 108 cm³/mol. The number of fused-ring (bicyclic) bond motifs is 1. The Hall–Kier alpha value is -2.18. The quantitative estimate of drug-likeness (QED) is 0.708. The van der Waals surface area contributed by atoms with E-state index >= 15 is 0 Å². The number of benzene rings is 2. The van der Waals surface area contributed by atoms with Gasteiger partial charge in [-0.05, 0) is 36.8 Å². The van der Waals surface area contributed by atoms with Gasteiger partial charge in [-0.3, -0.25) is 0 Å². The van der Waals surface area contributed by atoms with E-state index in [4.69, 9.17) is 9.47 Å². The molecule has 1 atom stereocenters. The molecule has 1 N–H and O–H groups in total. The van der Waals surface area contributed by atoms with Gasteiger partial charge in [-0.1, -0.05) is 24.3 Å². The number of hydrogen-bond donors (Lipinski definition) is 1. The molecular weight excluding hydrogens is 362 g/mol. The van der Waals surface area contributed by atoms with E-state index in [2.05, 4.69) is 29.2 Å². The van der Waals surface area contributed by atoms with Crippen molar-refractivity contribution in [2.45, 2.75) is 24.3 Å². The topological polar surface area (TPSA) is 59.0 Å². The minimum Gasteiger partial charge on any atom is -0.492 e. The van der Waals surface area contributed by atoms with Crippen LogP contribution in [-0.4, -0.2) is 49.2 Å². The second-order valence-electron chi connectivity index (χ2n) is 6.28. The number of nitrogens with zero attached hydrogens (tertiary/aromatic N) is 1. The van der Waals surface area contributed by atoms with E-state index in [9.17, 15) is 9.90 Å². The molecule has 0 amide bonds. The number of hydrogen-bond acceptors (Lipinski definition) is 5.